The third-order valence-corrected chi connectivity index (χ3v) is 4.65. The Morgan fingerprint density at radius 1 is 1.15 bits per heavy atom. The lowest BCUT2D eigenvalue weighted by atomic mass is 10.2. The molecule has 0 spiro atoms. The van der Waals surface area contributed by atoms with E-state index in [9.17, 15) is 9.59 Å². The van der Waals surface area contributed by atoms with E-state index in [-0.39, 0.29) is 37.2 Å². The topological polar surface area (TPSA) is 137 Å². The van der Waals surface area contributed by atoms with Crippen molar-refractivity contribution in [1.82, 2.24) is 24.6 Å². The molecule has 33 heavy (non-hydrogen) atoms. The summed E-state index contributed by atoms with van der Waals surface area (Å²) in [6.07, 6.45) is 5.93. The minimum absolute atomic E-state index is 0.0489. The second-order valence-corrected chi connectivity index (χ2v) is 7.32. The molecule has 2 heterocycles. The first-order chi connectivity index (χ1) is 15.9. The van der Waals surface area contributed by atoms with Crippen LogP contribution in [0.15, 0.2) is 49.2 Å². The Labute approximate surface area is 191 Å². The fourth-order valence-electron chi connectivity index (χ4n) is 2.75. The summed E-state index contributed by atoms with van der Waals surface area (Å²) in [4.78, 5) is 33.7. The van der Waals surface area contributed by atoms with Crippen LogP contribution in [0.1, 0.15) is 12.0 Å². The zero-order chi connectivity index (χ0) is 23.6. The highest BCUT2D eigenvalue weighted by Crippen LogP contribution is 2.15. The molecule has 0 aliphatic rings. The molecule has 3 N–H and O–H groups in total. The molecule has 1 aromatic carbocycles. The number of benzene rings is 1. The highest BCUT2D eigenvalue weighted by atomic mass is 16.5. The van der Waals surface area contributed by atoms with Crippen molar-refractivity contribution in [3.63, 3.8) is 0 Å². The number of hydrogen-bond donors (Lipinski definition) is 2. The Hall–Kier alpha value is -4.15. The summed E-state index contributed by atoms with van der Waals surface area (Å²) in [5.41, 5.74) is 7.30. The first kappa shape index (κ1) is 23.5. The number of aryl methyl sites for hydroxylation is 1. The molecular weight excluding hydrogens is 426 g/mol. The summed E-state index contributed by atoms with van der Waals surface area (Å²) in [6.45, 7) is 3.00. The van der Waals surface area contributed by atoms with Crippen LogP contribution in [-0.4, -0.2) is 63.3 Å². The van der Waals surface area contributed by atoms with Crippen LogP contribution in [0, 0.1) is 6.92 Å². The molecule has 0 saturated heterocycles. The molecule has 0 saturated carbocycles. The number of nitrogens with zero attached hydrogens (tertiary/aromatic N) is 5. The molecule has 174 valence electrons. The van der Waals surface area contributed by atoms with Crippen molar-refractivity contribution in [3.8, 4) is 11.5 Å². The first-order valence-electron chi connectivity index (χ1n) is 10.3. The Morgan fingerprint density at radius 3 is 2.70 bits per heavy atom. The number of amides is 2. The number of ether oxygens (including phenoxy) is 2. The van der Waals surface area contributed by atoms with Crippen LogP contribution in [0.2, 0.25) is 0 Å². The largest absolute Gasteiger partial charge is 0.492 e. The lowest BCUT2D eigenvalue weighted by Gasteiger charge is -2.17. The number of nitrogens with two attached hydrogens (primary N) is 1. The Kier molecular flexibility index (Phi) is 8.17. The average Bonchev–Trinajstić information content (AvgIpc) is 3.22. The molecule has 2 aromatic heterocycles. The minimum Gasteiger partial charge on any atom is -0.492 e. The highest BCUT2D eigenvalue weighted by molar-refractivity contribution is 5.90. The van der Waals surface area contributed by atoms with E-state index in [0.717, 1.165) is 11.3 Å². The molecule has 0 fully saturated rings. The summed E-state index contributed by atoms with van der Waals surface area (Å²) >= 11 is 0. The fraction of sp³-hybridized carbons (Fsp3) is 0.318. The maximum Gasteiger partial charge on any atom is 0.244 e. The van der Waals surface area contributed by atoms with Crippen molar-refractivity contribution in [2.45, 2.75) is 19.9 Å². The van der Waals surface area contributed by atoms with Gasteiger partial charge in [-0.15, -0.1) is 0 Å². The van der Waals surface area contributed by atoms with E-state index in [0.29, 0.717) is 24.6 Å². The third kappa shape index (κ3) is 7.49. The van der Waals surface area contributed by atoms with Gasteiger partial charge >= 0.3 is 0 Å². The number of nitrogen functional groups attached to an aromatic ring is 1. The van der Waals surface area contributed by atoms with Gasteiger partial charge in [-0.25, -0.2) is 9.97 Å². The van der Waals surface area contributed by atoms with Gasteiger partial charge in [-0.05, 0) is 19.1 Å². The summed E-state index contributed by atoms with van der Waals surface area (Å²) in [5.74, 6) is 0.911. The van der Waals surface area contributed by atoms with Gasteiger partial charge in [0.25, 0.3) is 0 Å². The van der Waals surface area contributed by atoms with Gasteiger partial charge in [0, 0.05) is 13.2 Å². The Bertz CT molecular complexity index is 1070. The number of carbonyl (C=O) groups is 2. The second kappa shape index (κ2) is 11.5. The zero-order valence-electron chi connectivity index (χ0n) is 18.6. The molecule has 0 unspecified atom stereocenters. The summed E-state index contributed by atoms with van der Waals surface area (Å²) in [7, 11) is 1.71. The number of carbonyl (C=O) groups excluding carboxylic acids is 2. The van der Waals surface area contributed by atoms with E-state index in [1.54, 1.807) is 18.1 Å². The average molecular weight is 454 g/mol. The maximum atomic E-state index is 12.4. The molecule has 3 aromatic rings. The lowest BCUT2D eigenvalue weighted by molar-refractivity contribution is -0.131. The van der Waals surface area contributed by atoms with Crippen molar-refractivity contribution in [2.24, 2.45) is 0 Å². The second-order valence-electron chi connectivity index (χ2n) is 7.32. The van der Waals surface area contributed by atoms with Gasteiger partial charge in [0.2, 0.25) is 11.8 Å². The van der Waals surface area contributed by atoms with Crippen LogP contribution in [-0.2, 0) is 16.1 Å². The van der Waals surface area contributed by atoms with Crippen molar-refractivity contribution in [3.05, 3.63) is 54.7 Å². The summed E-state index contributed by atoms with van der Waals surface area (Å²) in [6, 6.07) is 7.74. The molecule has 0 atom stereocenters. The van der Waals surface area contributed by atoms with Crippen LogP contribution in [0.5, 0.6) is 11.5 Å². The van der Waals surface area contributed by atoms with E-state index in [1.165, 1.54) is 23.4 Å². The lowest BCUT2D eigenvalue weighted by Crippen LogP contribution is -2.33. The number of aromatic nitrogens is 4. The molecule has 0 radical (unpaired) electrons. The normalized spacial score (nSPS) is 10.5. The molecule has 11 nitrogen and oxygen atoms in total. The van der Waals surface area contributed by atoms with E-state index >= 15 is 0 Å². The quantitative estimate of drug-likeness (QED) is 0.446. The van der Waals surface area contributed by atoms with E-state index in [2.05, 4.69) is 20.4 Å². The van der Waals surface area contributed by atoms with Gasteiger partial charge in [-0.1, -0.05) is 17.7 Å². The number of hydrogen-bond acceptors (Lipinski definition) is 8. The van der Waals surface area contributed by atoms with Crippen LogP contribution < -0.4 is 20.5 Å². The fourth-order valence-corrected chi connectivity index (χ4v) is 2.75. The first-order valence-corrected chi connectivity index (χ1v) is 10.3. The number of likely N-dealkylation sites (N-methyl/N-ethyl adjacent to an activating group) is 1. The summed E-state index contributed by atoms with van der Waals surface area (Å²) < 4.78 is 12.5. The number of rotatable bonds is 11. The monoisotopic (exact) mass is 453 g/mol. The van der Waals surface area contributed by atoms with Crippen LogP contribution >= 0.6 is 0 Å². The number of anilines is 2. The maximum absolute atomic E-state index is 12.4. The zero-order valence-corrected chi connectivity index (χ0v) is 18.6. The van der Waals surface area contributed by atoms with Gasteiger partial charge in [0.05, 0.1) is 37.7 Å². The van der Waals surface area contributed by atoms with Crippen LogP contribution in [0.4, 0.5) is 11.5 Å². The molecular formula is C22H27N7O4. The van der Waals surface area contributed by atoms with Gasteiger partial charge in [0.1, 0.15) is 25.2 Å². The van der Waals surface area contributed by atoms with Crippen LogP contribution in [0.25, 0.3) is 0 Å². The molecule has 2 amide bonds. The molecule has 11 heteroatoms. The van der Waals surface area contributed by atoms with Crippen molar-refractivity contribution < 1.29 is 19.1 Å². The molecule has 0 bridgehead atoms. The molecule has 0 aliphatic heterocycles. The van der Waals surface area contributed by atoms with E-state index < -0.39 is 0 Å². The molecule has 0 aliphatic carbocycles. The smallest absolute Gasteiger partial charge is 0.244 e. The third-order valence-electron chi connectivity index (χ3n) is 4.65. The van der Waals surface area contributed by atoms with Gasteiger partial charge in [0.15, 0.2) is 11.6 Å². The Morgan fingerprint density at radius 2 is 1.94 bits per heavy atom. The van der Waals surface area contributed by atoms with Crippen molar-refractivity contribution in [1.29, 1.82) is 0 Å². The van der Waals surface area contributed by atoms with Gasteiger partial charge in [-0.3, -0.25) is 14.3 Å². The number of nitrogens with one attached hydrogen (secondary N) is 1. The predicted octanol–water partition coefficient (Wildman–Crippen LogP) is 1.51. The highest BCUT2D eigenvalue weighted by Gasteiger charge is 2.12. The van der Waals surface area contributed by atoms with Crippen molar-refractivity contribution >= 4 is 23.3 Å². The SMILES string of the molecule is Cc1ccc(OCCN(C)C(=O)Cn2cc(NC(=O)CCOc3cncnc3N)cn2)cc1. The minimum atomic E-state index is -0.262. The van der Waals surface area contributed by atoms with E-state index in [1.807, 2.05) is 31.2 Å². The van der Waals surface area contributed by atoms with E-state index in [4.69, 9.17) is 15.2 Å². The standard InChI is InChI=1S/C22H27N7O4/c1-16-3-5-18(6-4-16)32-10-8-28(2)21(31)14-29-13-17(11-26-29)27-20(30)7-9-33-19-12-24-15-25-22(19)23/h3-6,11-13,15H,7-10,14H2,1-2H3,(H,27,30)(H2,23,24,25). The predicted molar refractivity (Wildman–Crippen MR) is 122 cm³/mol. The molecule has 3 rings (SSSR count). The Balaban J connectivity index is 1.37. The van der Waals surface area contributed by atoms with Crippen molar-refractivity contribution in [2.75, 3.05) is 37.9 Å². The van der Waals surface area contributed by atoms with Gasteiger partial charge in [-0.2, -0.15) is 5.10 Å². The van der Waals surface area contributed by atoms with Gasteiger partial charge < -0.3 is 25.4 Å². The van der Waals surface area contributed by atoms with Crippen LogP contribution in [0.3, 0.4) is 0 Å². The summed E-state index contributed by atoms with van der Waals surface area (Å²) in [5, 5.41) is 6.84.